The van der Waals surface area contributed by atoms with Gasteiger partial charge < -0.3 is 5.73 Å². The van der Waals surface area contributed by atoms with Crippen LogP contribution in [0.25, 0.3) is 5.69 Å². The van der Waals surface area contributed by atoms with Crippen molar-refractivity contribution in [2.75, 3.05) is 0 Å². The van der Waals surface area contributed by atoms with Crippen molar-refractivity contribution in [1.82, 2.24) is 20.2 Å². The van der Waals surface area contributed by atoms with Crippen LogP contribution >= 0.6 is 0 Å². The average Bonchev–Trinajstić information content (AvgIpc) is 2.77. The van der Waals surface area contributed by atoms with Crippen LogP contribution in [0.1, 0.15) is 16.2 Å². The molecule has 0 aliphatic heterocycles. The molecule has 0 fully saturated rings. The summed E-state index contributed by atoms with van der Waals surface area (Å²) in [7, 11) is 0. The van der Waals surface area contributed by atoms with E-state index in [1.807, 2.05) is 0 Å². The molecule has 0 unspecified atom stereocenters. The Bertz CT molecular complexity index is 592. The van der Waals surface area contributed by atoms with Crippen molar-refractivity contribution in [3.8, 4) is 5.69 Å². The molecule has 2 aromatic rings. The zero-order chi connectivity index (χ0) is 13.3. The van der Waals surface area contributed by atoms with Crippen molar-refractivity contribution in [3.05, 3.63) is 35.7 Å². The van der Waals surface area contributed by atoms with Crippen LogP contribution in [0, 0.1) is 0 Å². The Morgan fingerprint density at radius 3 is 2.67 bits per heavy atom. The molecule has 0 saturated carbocycles. The number of alkyl halides is 3. The first-order valence-corrected chi connectivity index (χ1v) is 4.65. The summed E-state index contributed by atoms with van der Waals surface area (Å²) in [5, 5.41) is 9.10. The SMILES string of the molecule is NC(=O)c1cccc(-n2nnnc2C(F)(F)F)c1. The molecule has 1 amide bonds. The number of nitrogens with zero attached hydrogens (tertiary/aromatic N) is 4. The van der Waals surface area contributed by atoms with Gasteiger partial charge in [0.2, 0.25) is 5.91 Å². The summed E-state index contributed by atoms with van der Waals surface area (Å²) in [6.07, 6.45) is -4.69. The molecule has 2 rings (SSSR count). The maximum absolute atomic E-state index is 12.6. The van der Waals surface area contributed by atoms with Crippen LogP contribution in [0.4, 0.5) is 13.2 Å². The number of halogens is 3. The predicted molar refractivity (Wildman–Crippen MR) is 52.7 cm³/mol. The van der Waals surface area contributed by atoms with Crippen LogP contribution in [0.5, 0.6) is 0 Å². The Morgan fingerprint density at radius 1 is 1.33 bits per heavy atom. The Kier molecular flexibility index (Phi) is 2.73. The molecule has 0 aliphatic carbocycles. The molecule has 0 bridgehead atoms. The van der Waals surface area contributed by atoms with E-state index < -0.39 is 17.9 Å². The van der Waals surface area contributed by atoms with Crippen LogP contribution in [-0.2, 0) is 6.18 Å². The molecule has 2 N–H and O–H groups in total. The molecular formula is C9H6F3N5O. The molecule has 1 aromatic heterocycles. The summed E-state index contributed by atoms with van der Waals surface area (Å²) >= 11 is 0. The average molecular weight is 257 g/mol. The van der Waals surface area contributed by atoms with Crippen molar-refractivity contribution in [2.45, 2.75) is 6.18 Å². The fraction of sp³-hybridized carbons (Fsp3) is 0.111. The highest BCUT2D eigenvalue weighted by molar-refractivity contribution is 5.93. The van der Waals surface area contributed by atoms with Gasteiger partial charge in [-0.15, -0.1) is 5.10 Å². The molecule has 1 heterocycles. The number of hydrogen-bond acceptors (Lipinski definition) is 4. The second-order valence-electron chi connectivity index (χ2n) is 3.33. The van der Waals surface area contributed by atoms with E-state index in [1.54, 1.807) is 0 Å². The lowest BCUT2D eigenvalue weighted by atomic mass is 10.2. The summed E-state index contributed by atoms with van der Waals surface area (Å²) in [6.45, 7) is 0. The minimum Gasteiger partial charge on any atom is -0.366 e. The van der Waals surface area contributed by atoms with Gasteiger partial charge in [0.25, 0.3) is 5.82 Å². The Hall–Kier alpha value is -2.45. The van der Waals surface area contributed by atoms with E-state index in [1.165, 1.54) is 24.3 Å². The number of carbonyl (C=O) groups excluding carboxylic acids is 1. The van der Waals surface area contributed by atoms with E-state index in [0.717, 1.165) is 0 Å². The second-order valence-corrected chi connectivity index (χ2v) is 3.33. The summed E-state index contributed by atoms with van der Waals surface area (Å²) < 4.78 is 38.2. The van der Waals surface area contributed by atoms with E-state index in [0.29, 0.717) is 4.68 Å². The normalized spacial score (nSPS) is 11.5. The molecule has 94 valence electrons. The van der Waals surface area contributed by atoms with Crippen molar-refractivity contribution >= 4 is 5.91 Å². The zero-order valence-corrected chi connectivity index (χ0v) is 8.72. The number of hydrogen-bond donors (Lipinski definition) is 1. The second kappa shape index (κ2) is 4.09. The van der Waals surface area contributed by atoms with Crippen LogP contribution in [0.3, 0.4) is 0 Å². The molecule has 0 saturated heterocycles. The van der Waals surface area contributed by atoms with E-state index in [9.17, 15) is 18.0 Å². The van der Waals surface area contributed by atoms with E-state index in [2.05, 4.69) is 15.5 Å². The largest absolute Gasteiger partial charge is 0.453 e. The summed E-state index contributed by atoms with van der Waals surface area (Å²) in [4.78, 5) is 10.9. The number of benzene rings is 1. The van der Waals surface area contributed by atoms with Crippen molar-refractivity contribution in [3.63, 3.8) is 0 Å². The molecule has 9 heteroatoms. The molecule has 0 atom stereocenters. The van der Waals surface area contributed by atoms with Crippen LogP contribution in [0.15, 0.2) is 24.3 Å². The summed E-state index contributed by atoms with van der Waals surface area (Å²) in [5.41, 5.74) is 5.11. The van der Waals surface area contributed by atoms with Gasteiger partial charge in [0.05, 0.1) is 5.69 Å². The Labute approximate surface area is 98.2 Å². The van der Waals surface area contributed by atoms with Crippen molar-refractivity contribution < 1.29 is 18.0 Å². The molecule has 0 aliphatic rings. The number of tetrazole rings is 1. The molecule has 0 spiro atoms. The summed E-state index contributed by atoms with van der Waals surface area (Å²) in [6, 6.07) is 5.27. The fourth-order valence-corrected chi connectivity index (χ4v) is 1.33. The Morgan fingerprint density at radius 2 is 2.06 bits per heavy atom. The Balaban J connectivity index is 2.53. The lowest BCUT2D eigenvalue weighted by Gasteiger charge is -2.07. The maximum atomic E-state index is 12.6. The van der Waals surface area contributed by atoms with E-state index in [4.69, 9.17) is 5.73 Å². The minimum absolute atomic E-state index is 0.00336. The van der Waals surface area contributed by atoms with Crippen LogP contribution in [-0.4, -0.2) is 26.1 Å². The highest BCUT2D eigenvalue weighted by atomic mass is 19.4. The highest BCUT2D eigenvalue weighted by Crippen LogP contribution is 2.28. The molecule has 1 aromatic carbocycles. The number of amides is 1. The van der Waals surface area contributed by atoms with Crippen molar-refractivity contribution in [2.24, 2.45) is 5.73 Å². The fourth-order valence-electron chi connectivity index (χ4n) is 1.33. The number of primary amides is 1. The first-order valence-electron chi connectivity index (χ1n) is 4.65. The highest BCUT2D eigenvalue weighted by Gasteiger charge is 2.38. The van der Waals surface area contributed by atoms with Gasteiger partial charge in [0, 0.05) is 5.56 Å². The number of nitrogens with two attached hydrogens (primary N) is 1. The first kappa shape index (κ1) is 12.0. The van der Waals surface area contributed by atoms with Crippen molar-refractivity contribution in [1.29, 1.82) is 0 Å². The van der Waals surface area contributed by atoms with Gasteiger partial charge in [0.15, 0.2) is 0 Å². The number of rotatable bonds is 2. The topological polar surface area (TPSA) is 86.7 Å². The molecule has 18 heavy (non-hydrogen) atoms. The maximum Gasteiger partial charge on any atom is 0.453 e. The molecule has 6 nitrogen and oxygen atoms in total. The molecule has 0 radical (unpaired) electrons. The number of aromatic nitrogens is 4. The van der Waals surface area contributed by atoms with Gasteiger partial charge >= 0.3 is 6.18 Å². The third-order valence-electron chi connectivity index (χ3n) is 2.10. The van der Waals surface area contributed by atoms with Gasteiger partial charge in [-0.1, -0.05) is 6.07 Å². The predicted octanol–water partition coefficient (Wildman–Crippen LogP) is 0.780. The monoisotopic (exact) mass is 257 g/mol. The standard InChI is InChI=1S/C9H6F3N5O/c10-9(11,12)8-14-15-16-17(8)6-3-1-2-5(4-6)7(13)18/h1-4H,(H2,13,18). The van der Waals surface area contributed by atoms with E-state index >= 15 is 0 Å². The van der Waals surface area contributed by atoms with Gasteiger partial charge in [-0.3, -0.25) is 4.79 Å². The van der Waals surface area contributed by atoms with Gasteiger partial charge in [-0.2, -0.15) is 17.9 Å². The quantitative estimate of drug-likeness (QED) is 0.861. The molecular weight excluding hydrogens is 251 g/mol. The zero-order valence-electron chi connectivity index (χ0n) is 8.72. The third-order valence-corrected chi connectivity index (χ3v) is 2.10. The van der Waals surface area contributed by atoms with Crippen LogP contribution < -0.4 is 5.73 Å². The van der Waals surface area contributed by atoms with Gasteiger partial charge in [-0.05, 0) is 28.6 Å². The lowest BCUT2D eigenvalue weighted by molar-refractivity contribution is -0.146. The van der Waals surface area contributed by atoms with E-state index in [-0.39, 0.29) is 11.3 Å². The van der Waals surface area contributed by atoms with Crippen LogP contribution in [0.2, 0.25) is 0 Å². The number of carbonyl (C=O) groups is 1. The first-order chi connectivity index (χ1) is 8.39. The summed E-state index contributed by atoms with van der Waals surface area (Å²) in [5.74, 6) is -2.03. The smallest absolute Gasteiger partial charge is 0.366 e. The van der Waals surface area contributed by atoms with Gasteiger partial charge in [-0.25, -0.2) is 0 Å². The third kappa shape index (κ3) is 2.14. The lowest BCUT2D eigenvalue weighted by Crippen LogP contribution is -2.16. The minimum atomic E-state index is -4.69. The van der Waals surface area contributed by atoms with Gasteiger partial charge in [0.1, 0.15) is 0 Å².